The lowest BCUT2D eigenvalue weighted by Crippen LogP contribution is -2.55. The molecule has 0 spiro atoms. The van der Waals surface area contributed by atoms with Crippen molar-refractivity contribution in [2.24, 2.45) is 16.1 Å². The molecule has 3 nitrogen and oxygen atoms in total. The first-order valence-electron chi connectivity index (χ1n) is 3.28. The second-order valence-corrected chi connectivity index (χ2v) is 2.78. The normalized spacial score (nSPS) is 25.9. The van der Waals surface area contributed by atoms with Crippen molar-refractivity contribution < 1.29 is 13.2 Å². The molecular weight excluding hydrogens is 195 g/mol. The molecule has 0 aromatic heterocycles. The van der Waals surface area contributed by atoms with E-state index in [0.717, 1.165) is 0 Å². The number of nitrogens with zero attached hydrogens (tertiary/aromatic N) is 2. The van der Waals surface area contributed by atoms with E-state index in [2.05, 4.69) is 15.5 Å². The van der Waals surface area contributed by atoms with Crippen LogP contribution in [0, 0.1) is 5.92 Å². The minimum Gasteiger partial charge on any atom is -0.316 e. The SMILES string of the molecule is Cl.FC(F)(F)C1(C2CNC2)N=N1. The van der Waals surface area contributed by atoms with Gasteiger partial charge in [-0.05, 0) is 0 Å². The molecule has 0 radical (unpaired) electrons. The summed E-state index contributed by atoms with van der Waals surface area (Å²) in [5.74, 6) is -0.470. The molecule has 0 saturated carbocycles. The van der Waals surface area contributed by atoms with E-state index in [1.807, 2.05) is 0 Å². The standard InChI is InChI=1S/C5H6F3N3.ClH/c6-5(7,8)4(10-11-4)3-1-9-2-3;/h3,9H,1-2H2;1H. The van der Waals surface area contributed by atoms with E-state index in [0.29, 0.717) is 13.1 Å². The van der Waals surface area contributed by atoms with Crippen LogP contribution in [0.15, 0.2) is 10.2 Å². The first-order valence-corrected chi connectivity index (χ1v) is 3.28. The summed E-state index contributed by atoms with van der Waals surface area (Å²) in [6, 6.07) is 0. The van der Waals surface area contributed by atoms with Gasteiger partial charge in [0.2, 0.25) is 0 Å². The fourth-order valence-corrected chi connectivity index (χ4v) is 1.14. The Hall–Kier alpha value is -0.360. The Balaban J connectivity index is 0.000000720. The van der Waals surface area contributed by atoms with Crippen LogP contribution < -0.4 is 5.32 Å². The fourth-order valence-electron chi connectivity index (χ4n) is 1.14. The molecule has 2 rings (SSSR count). The number of alkyl halides is 3. The molecule has 2 heterocycles. The summed E-state index contributed by atoms with van der Waals surface area (Å²) in [7, 11) is 0. The van der Waals surface area contributed by atoms with Crippen molar-refractivity contribution in [1.29, 1.82) is 0 Å². The van der Waals surface area contributed by atoms with E-state index in [-0.39, 0.29) is 12.4 Å². The van der Waals surface area contributed by atoms with Crippen LogP contribution in [0.1, 0.15) is 0 Å². The van der Waals surface area contributed by atoms with Gasteiger partial charge in [0.1, 0.15) is 0 Å². The molecule has 0 aliphatic carbocycles. The van der Waals surface area contributed by atoms with Crippen LogP contribution in [-0.4, -0.2) is 24.9 Å². The zero-order valence-electron chi connectivity index (χ0n) is 5.93. The Labute approximate surface area is 72.8 Å². The zero-order chi connectivity index (χ0) is 8.11. The van der Waals surface area contributed by atoms with Crippen molar-refractivity contribution in [3.8, 4) is 0 Å². The van der Waals surface area contributed by atoms with Crippen molar-refractivity contribution >= 4 is 12.4 Å². The molecular formula is C5H7ClF3N3. The number of nitrogens with one attached hydrogen (secondary N) is 1. The lowest BCUT2D eigenvalue weighted by Gasteiger charge is -2.32. The maximum atomic E-state index is 12.2. The Kier molecular flexibility index (Phi) is 2.08. The smallest absolute Gasteiger partial charge is 0.316 e. The van der Waals surface area contributed by atoms with Crippen LogP contribution in [0.2, 0.25) is 0 Å². The molecule has 12 heavy (non-hydrogen) atoms. The summed E-state index contributed by atoms with van der Waals surface area (Å²) in [5, 5.41) is 8.93. The summed E-state index contributed by atoms with van der Waals surface area (Å²) in [6.07, 6.45) is -4.29. The van der Waals surface area contributed by atoms with Gasteiger partial charge < -0.3 is 5.32 Å². The minimum atomic E-state index is -4.29. The minimum absolute atomic E-state index is 0. The highest BCUT2D eigenvalue weighted by molar-refractivity contribution is 5.85. The van der Waals surface area contributed by atoms with E-state index in [1.165, 1.54) is 0 Å². The topological polar surface area (TPSA) is 36.8 Å². The van der Waals surface area contributed by atoms with Gasteiger partial charge >= 0.3 is 6.18 Å². The fraction of sp³-hybridized carbons (Fsp3) is 1.00. The molecule has 0 aromatic carbocycles. The summed E-state index contributed by atoms with van der Waals surface area (Å²) in [4.78, 5) is 0. The average Bonchev–Trinajstić information content (AvgIpc) is 2.37. The summed E-state index contributed by atoms with van der Waals surface area (Å²) < 4.78 is 36.5. The Bertz CT molecular complexity index is 204. The highest BCUT2D eigenvalue weighted by Gasteiger charge is 2.69. The van der Waals surface area contributed by atoms with Crippen LogP contribution in [0.25, 0.3) is 0 Å². The second kappa shape index (κ2) is 2.56. The molecule has 0 atom stereocenters. The monoisotopic (exact) mass is 201 g/mol. The maximum Gasteiger partial charge on any atom is 0.438 e. The average molecular weight is 202 g/mol. The third kappa shape index (κ3) is 1.09. The number of hydrogen-bond acceptors (Lipinski definition) is 3. The largest absolute Gasteiger partial charge is 0.438 e. The van der Waals surface area contributed by atoms with Crippen molar-refractivity contribution in [3.63, 3.8) is 0 Å². The van der Waals surface area contributed by atoms with Gasteiger partial charge in [0.25, 0.3) is 5.66 Å². The lowest BCUT2D eigenvalue weighted by atomic mass is 9.90. The molecule has 0 unspecified atom stereocenters. The molecule has 1 saturated heterocycles. The predicted molar refractivity (Wildman–Crippen MR) is 37.2 cm³/mol. The molecule has 0 aromatic rings. The first kappa shape index (κ1) is 9.73. The molecule has 0 amide bonds. The van der Waals surface area contributed by atoms with E-state index in [9.17, 15) is 13.2 Å². The van der Waals surface area contributed by atoms with Crippen LogP contribution in [0.4, 0.5) is 13.2 Å². The highest BCUT2D eigenvalue weighted by atomic mass is 35.5. The van der Waals surface area contributed by atoms with Gasteiger partial charge in [0.15, 0.2) is 0 Å². The highest BCUT2D eigenvalue weighted by Crippen LogP contribution is 2.50. The number of hydrogen-bond donors (Lipinski definition) is 1. The van der Waals surface area contributed by atoms with Gasteiger partial charge in [-0.15, -0.1) is 22.6 Å². The number of rotatable bonds is 1. The Morgan fingerprint density at radius 1 is 1.25 bits per heavy atom. The van der Waals surface area contributed by atoms with E-state index in [4.69, 9.17) is 0 Å². The first-order chi connectivity index (χ1) is 5.06. The van der Waals surface area contributed by atoms with Gasteiger partial charge in [-0.2, -0.15) is 13.2 Å². The Morgan fingerprint density at radius 2 is 1.75 bits per heavy atom. The van der Waals surface area contributed by atoms with Crippen LogP contribution >= 0.6 is 12.4 Å². The van der Waals surface area contributed by atoms with Gasteiger partial charge in [0, 0.05) is 19.0 Å². The third-order valence-electron chi connectivity index (χ3n) is 2.08. The molecule has 2 aliphatic heterocycles. The van der Waals surface area contributed by atoms with Gasteiger partial charge in [-0.3, -0.25) is 0 Å². The zero-order valence-corrected chi connectivity index (χ0v) is 6.74. The van der Waals surface area contributed by atoms with E-state index in [1.54, 1.807) is 0 Å². The molecule has 2 aliphatic rings. The van der Waals surface area contributed by atoms with Gasteiger partial charge in [-0.25, -0.2) is 0 Å². The molecule has 7 heteroatoms. The summed E-state index contributed by atoms with van der Waals surface area (Å²) in [5.41, 5.74) is -2.03. The van der Waals surface area contributed by atoms with Crippen molar-refractivity contribution in [2.75, 3.05) is 13.1 Å². The summed E-state index contributed by atoms with van der Waals surface area (Å²) in [6.45, 7) is 0.735. The van der Waals surface area contributed by atoms with Crippen LogP contribution in [0.5, 0.6) is 0 Å². The molecule has 1 N–H and O–H groups in total. The van der Waals surface area contributed by atoms with Crippen LogP contribution in [0.3, 0.4) is 0 Å². The van der Waals surface area contributed by atoms with Crippen molar-refractivity contribution in [2.45, 2.75) is 11.8 Å². The van der Waals surface area contributed by atoms with Crippen molar-refractivity contribution in [1.82, 2.24) is 5.32 Å². The molecule has 0 bridgehead atoms. The third-order valence-corrected chi connectivity index (χ3v) is 2.08. The Morgan fingerprint density at radius 3 is 1.83 bits per heavy atom. The second-order valence-electron chi connectivity index (χ2n) is 2.78. The lowest BCUT2D eigenvalue weighted by molar-refractivity contribution is -0.180. The molecule has 70 valence electrons. The van der Waals surface area contributed by atoms with E-state index >= 15 is 0 Å². The summed E-state index contributed by atoms with van der Waals surface area (Å²) >= 11 is 0. The van der Waals surface area contributed by atoms with Gasteiger partial charge in [0.05, 0.1) is 0 Å². The molecule has 1 fully saturated rings. The van der Waals surface area contributed by atoms with Crippen molar-refractivity contribution in [3.05, 3.63) is 0 Å². The van der Waals surface area contributed by atoms with Gasteiger partial charge in [-0.1, -0.05) is 0 Å². The van der Waals surface area contributed by atoms with Crippen LogP contribution in [-0.2, 0) is 0 Å². The van der Waals surface area contributed by atoms with E-state index < -0.39 is 17.8 Å². The maximum absolute atomic E-state index is 12.2. The quantitative estimate of drug-likeness (QED) is 0.683. The predicted octanol–water partition coefficient (Wildman–Crippen LogP) is 1.35. The number of halogens is 4.